The summed E-state index contributed by atoms with van der Waals surface area (Å²) in [5.41, 5.74) is 0.410. The Labute approximate surface area is 121 Å². The predicted octanol–water partition coefficient (Wildman–Crippen LogP) is 2.34. The van der Waals surface area contributed by atoms with Gasteiger partial charge in [-0.25, -0.2) is 13.6 Å². The van der Waals surface area contributed by atoms with Crippen molar-refractivity contribution in [2.75, 3.05) is 0 Å². The van der Waals surface area contributed by atoms with Crippen LogP contribution in [0.15, 0.2) is 47.4 Å². The van der Waals surface area contributed by atoms with E-state index in [0.717, 1.165) is 17.7 Å². The van der Waals surface area contributed by atoms with E-state index in [4.69, 9.17) is 9.88 Å². The highest BCUT2D eigenvalue weighted by molar-refractivity contribution is 7.89. The molecule has 2 N–H and O–H groups in total. The molecule has 0 aromatic heterocycles. The topological polar surface area (TPSA) is 113 Å². The van der Waals surface area contributed by atoms with Crippen molar-refractivity contribution < 1.29 is 18.1 Å². The Bertz CT molecular complexity index is 802. The van der Waals surface area contributed by atoms with Crippen molar-refractivity contribution in [3.63, 3.8) is 0 Å². The molecule has 0 aliphatic rings. The van der Waals surface area contributed by atoms with Crippen LogP contribution in [0.1, 0.15) is 5.56 Å². The van der Waals surface area contributed by atoms with E-state index in [1.807, 2.05) is 0 Å². The van der Waals surface area contributed by atoms with Crippen LogP contribution in [-0.2, 0) is 10.0 Å². The predicted molar refractivity (Wildman–Crippen MR) is 75.7 cm³/mol. The van der Waals surface area contributed by atoms with Crippen LogP contribution in [0.4, 0.5) is 5.69 Å². The highest BCUT2D eigenvalue weighted by Crippen LogP contribution is 2.32. The maximum Gasteiger partial charge on any atom is 0.271 e. The normalized spacial score (nSPS) is 11.1. The number of sulfonamides is 1. The van der Waals surface area contributed by atoms with E-state index in [0.29, 0.717) is 5.75 Å². The quantitative estimate of drug-likeness (QED) is 0.688. The van der Waals surface area contributed by atoms with E-state index in [-0.39, 0.29) is 11.4 Å². The lowest BCUT2D eigenvalue weighted by atomic mass is 10.2. The van der Waals surface area contributed by atoms with Gasteiger partial charge in [-0.15, -0.1) is 0 Å². The Hall–Kier alpha value is -2.45. The summed E-state index contributed by atoms with van der Waals surface area (Å²) in [4.78, 5) is 9.60. The minimum atomic E-state index is -4.15. The van der Waals surface area contributed by atoms with Crippen molar-refractivity contribution >= 4 is 15.7 Å². The van der Waals surface area contributed by atoms with Gasteiger partial charge in [0.2, 0.25) is 10.0 Å². The molecule has 0 bridgehead atoms. The average Bonchev–Trinajstić information content (AvgIpc) is 2.40. The van der Waals surface area contributed by atoms with Crippen molar-refractivity contribution in [2.24, 2.45) is 5.14 Å². The largest absolute Gasteiger partial charge is 0.456 e. The highest BCUT2D eigenvalue weighted by Gasteiger charge is 2.20. The fourth-order valence-electron chi connectivity index (χ4n) is 1.71. The summed E-state index contributed by atoms with van der Waals surface area (Å²) >= 11 is 0. The summed E-state index contributed by atoms with van der Waals surface area (Å²) in [6.45, 7) is 1.79. The van der Waals surface area contributed by atoms with Gasteiger partial charge in [-0.2, -0.15) is 0 Å². The van der Waals surface area contributed by atoms with Crippen LogP contribution < -0.4 is 9.88 Å². The van der Waals surface area contributed by atoms with E-state index >= 15 is 0 Å². The monoisotopic (exact) mass is 308 g/mol. The molecule has 8 heteroatoms. The SMILES string of the molecule is Cc1ccccc1Oc1ccc([N+](=O)[O-])cc1S(N)(=O)=O. The van der Waals surface area contributed by atoms with Gasteiger partial charge in [-0.1, -0.05) is 18.2 Å². The second kappa shape index (κ2) is 5.51. The van der Waals surface area contributed by atoms with Gasteiger partial charge in [0, 0.05) is 12.1 Å². The molecule has 2 aromatic carbocycles. The van der Waals surface area contributed by atoms with Gasteiger partial charge in [0.15, 0.2) is 0 Å². The molecule has 0 atom stereocenters. The standard InChI is InChI=1S/C13H12N2O5S/c1-9-4-2-3-5-11(9)20-12-7-6-10(15(16)17)8-13(12)21(14,18)19/h2-8H,1H3,(H2,14,18,19). The van der Waals surface area contributed by atoms with Crippen molar-refractivity contribution in [2.45, 2.75) is 11.8 Å². The molecule has 0 radical (unpaired) electrons. The molecule has 0 spiro atoms. The number of nitrogens with zero attached hydrogens (tertiary/aromatic N) is 1. The number of para-hydroxylation sites is 1. The Balaban J connectivity index is 2.54. The second-order valence-electron chi connectivity index (χ2n) is 4.30. The van der Waals surface area contributed by atoms with E-state index in [9.17, 15) is 18.5 Å². The van der Waals surface area contributed by atoms with Gasteiger partial charge in [-0.05, 0) is 24.6 Å². The number of ether oxygens (including phenoxy) is 1. The molecule has 21 heavy (non-hydrogen) atoms. The van der Waals surface area contributed by atoms with Crippen LogP contribution in [0.3, 0.4) is 0 Å². The van der Waals surface area contributed by atoms with Crippen molar-refractivity contribution in [3.05, 3.63) is 58.1 Å². The third-order valence-corrected chi connectivity index (χ3v) is 3.69. The molecule has 0 heterocycles. The number of nitro benzene ring substituents is 1. The third kappa shape index (κ3) is 3.36. The summed E-state index contributed by atoms with van der Waals surface area (Å²) in [6, 6.07) is 10.2. The molecule has 0 saturated heterocycles. The molecule has 0 unspecified atom stereocenters. The zero-order valence-corrected chi connectivity index (χ0v) is 11.8. The number of hydrogen-bond acceptors (Lipinski definition) is 5. The number of nitrogens with two attached hydrogens (primary N) is 1. The van der Waals surface area contributed by atoms with Crippen LogP contribution in [0.25, 0.3) is 0 Å². The smallest absolute Gasteiger partial charge is 0.271 e. The maximum absolute atomic E-state index is 11.6. The van der Waals surface area contributed by atoms with Gasteiger partial charge < -0.3 is 4.74 Å². The number of nitro groups is 1. The Morgan fingerprint density at radius 3 is 2.38 bits per heavy atom. The molecule has 0 fully saturated rings. The lowest BCUT2D eigenvalue weighted by Crippen LogP contribution is -2.13. The summed E-state index contributed by atoms with van der Waals surface area (Å²) in [6.07, 6.45) is 0. The molecule has 0 amide bonds. The Morgan fingerprint density at radius 1 is 1.14 bits per heavy atom. The van der Waals surface area contributed by atoms with Crippen LogP contribution in [0, 0.1) is 17.0 Å². The Morgan fingerprint density at radius 2 is 1.81 bits per heavy atom. The average molecular weight is 308 g/mol. The highest BCUT2D eigenvalue weighted by atomic mass is 32.2. The summed E-state index contributed by atoms with van der Waals surface area (Å²) < 4.78 is 28.7. The first-order valence-corrected chi connectivity index (χ1v) is 7.38. The van der Waals surface area contributed by atoms with Gasteiger partial charge in [0.25, 0.3) is 5.69 Å². The number of primary sulfonamides is 1. The van der Waals surface area contributed by atoms with E-state index < -0.39 is 19.8 Å². The molecule has 2 aromatic rings. The van der Waals surface area contributed by atoms with E-state index in [2.05, 4.69) is 0 Å². The second-order valence-corrected chi connectivity index (χ2v) is 5.83. The molecule has 110 valence electrons. The van der Waals surface area contributed by atoms with Crippen LogP contribution in [0.5, 0.6) is 11.5 Å². The van der Waals surface area contributed by atoms with Crippen LogP contribution in [0.2, 0.25) is 0 Å². The molecule has 0 aliphatic heterocycles. The molecular weight excluding hydrogens is 296 g/mol. The number of aryl methyl sites for hydroxylation is 1. The summed E-state index contributed by atoms with van der Waals surface area (Å²) in [5, 5.41) is 15.8. The molecule has 0 saturated carbocycles. The number of rotatable bonds is 4. The maximum atomic E-state index is 11.6. The first-order chi connectivity index (χ1) is 9.79. The van der Waals surface area contributed by atoms with Gasteiger partial charge in [-0.3, -0.25) is 10.1 Å². The molecule has 0 aliphatic carbocycles. The van der Waals surface area contributed by atoms with Crippen LogP contribution >= 0.6 is 0 Å². The van der Waals surface area contributed by atoms with Gasteiger partial charge in [0.05, 0.1) is 4.92 Å². The lowest BCUT2D eigenvalue weighted by molar-refractivity contribution is -0.385. The first-order valence-electron chi connectivity index (χ1n) is 5.84. The zero-order valence-electron chi connectivity index (χ0n) is 11.0. The minimum Gasteiger partial charge on any atom is -0.456 e. The van der Waals surface area contributed by atoms with Gasteiger partial charge in [0.1, 0.15) is 16.4 Å². The summed E-state index contributed by atoms with van der Waals surface area (Å²) in [7, 11) is -4.15. The fourth-order valence-corrected chi connectivity index (χ4v) is 2.38. The fraction of sp³-hybridized carbons (Fsp3) is 0.0769. The van der Waals surface area contributed by atoms with Crippen molar-refractivity contribution in [3.8, 4) is 11.5 Å². The first kappa shape index (κ1) is 14.9. The van der Waals surface area contributed by atoms with Crippen molar-refractivity contribution in [1.29, 1.82) is 0 Å². The lowest BCUT2D eigenvalue weighted by Gasteiger charge is -2.11. The minimum absolute atomic E-state index is 0.0580. The molecule has 2 rings (SSSR count). The van der Waals surface area contributed by atoms with E-state index in [1.54, 1.807) is 31.2 Å². The zero-order chi connectivity index (χ0) is 15.6. The summed E-state index contributed by atoms with van der Waals surface area (Å²) in [5.74, 6) is 0.383. The van der Waals surface area contributed by atoms with E-state index in [1.165, 1.54) is 6.07 Å². The van der Waals surface area contributed by atoms with Crippen molar-refractivity contribution in [1.82, 2.24) is 0 Å². The Kier molecular flexibility index (Phi) is 3.92. The third-order valence-electron chi connectivity index (χ3n) is 2.76. The number of hydrogen-bond donors (Lipinski definition) is 1. The molecule has 7 nitrogen and oxygen atoms in total. The van der Waals surface area contributed by atoms with Gasteiger partial charge >= 0.3 is 0 Å². The molecular formula is C13H12N2O5S. The van der Waals surface area contributed by atoms with Crippen LogP contribution in [-0.4, -0.2) is 13.3 Å². The number of benzene rings is 2. The number of non-ortho nitro benzene ring substituents is 1.